The predicted octanol–water partition coefficient (Wildman–Crippen LogP) is 3.33. The fraction of sp³-hybridized carbons (Fsp3) is 0.682. The second kappa shape index (κ2) is 11.2. The fourth-order valence-corrected chi connectivity index (χ4v) is 4.99. The van der Waals surface area contributed by atoms with Crippen molar-refractivity contribution in [2.45, 2.75) is 81.8 Å². The molecule has 3 rings (SSSR count). The lowest BCUT2D eigenvalue weighted by Crippen LogP contribution is -2.51. The summed E-state index contributed by atoms with van der Waals surface area (Å²) in [6.07, 6.45) is 8.50. The summed E-state index contributed by atoms with van der Waals surface area (Å²) in [4.78, 5) is 3.56. The molecule has 30 heavy (non-hydrogen) atoms. The number of hydrazone groups is 1. The molecule has 2 aliphatic rings. The summed E-state index contributed by atoms with van der Waals surface area (Å²) in [5.41, 5.74) is 8.48. The Morgan fingerprint density at radius 3 is 2.67 bits per heavy atom. The van der Waals surface area contributed by atoms with Gasteiger partial charge in [-0.2, -0.15) is 0 Å². The van der Waals surface area contributed by atoms with E-state index in [1.54, 1.807) is 17.1 Å². The molecule has 8 heteroatoms. The topological polar surface area (TPSA) is 94.9 Å². The second-order valence-electron chi connectivity index (χ2n) is 8.74. The Labute approximate surface area is 186 Å². The number of rotatable bonds is 8. The largest absolute Gasteiger partial charge is 0.382 e. The van der Waals surface area contributed by atoms with Crippen molar-refractivity contribution >= 4 is 23.5 Å². The molecule has 1 aromatic carbocycles. The molecule has 1 aliphatic heterocycles. The second-order valence-corrected chi connectivity index (χ2v) is 9.83. The number of hydrazine groups is 1. The highest BCUT2D eigenvalue weighted by molar-refractivity contribution is 7.97. The molecule has 0 aromatic heterocycles. The van der Waals surface area contributed by atoms with E-state index in [4.69, 9.17) is 11.6 Å². The van der Waals surface area contributed by atoms with Crippen LogP contribution in [-0.2, 0) is 0 Å². The number of nitrogens with one attached hydrogen (secondary N) is 2. The van der Waals surface area contributed by atoms with Crippen LogP contribution in [0.15, 0.2) is 28.2 Å². The van der Waals surface area contributed by atoms with Crippen LogP contribution in [0.5, 0.6) is 0 Å². The molecule has 0 bridgehead atoms. The summed E-state index contributed by atoms with van der Waals surface area (Å²) >= 11 is 1.57. The van der Waals surface area contributed by atoms with Crippen molar-refractivity contribution in [1.29, 1.82) is 0 Å². The number of likely N-dealkylation sites (tertiary alicyclic amines) is 1. The van der Waals surface area contributed by atoms with Crippen molar-refractivity contribution in [2.24, 2.45) is 16.7 Å². The lowest BCUT2D eigenvalue weighted by Gasteiger charge is -2.38. The number of amidine groups is 1. The zero-order valence-corrected chi connectivity index (χ0v) is 19.5. The first kappa shape index (κ1) is 23.2. The van der Waals surface area contributed by atoms with Gasteiger partial charge < -0.3 is 11.1 Å². The normalized spacial score (nSPS) is 21.8. The summed E-state index contributed by atoms with van der Waals surface area (Å²) < 4.78 is 3.13. The van der Waals surface area contributed by atoms with Crippen LogP contribution in [0.1, 0.15) is 64.4 Å². The Bertz CT molecular complexity index is 703. The standard InChI is InChI=1S/C22H39N7S/c1-16(2)28-13-7-10-18(15-28)29(24)27-22(23)20-14-19(30-25-3)11-12-21(20)26-17-8-5-4-6-9-17/h11-12,14,16-18,25-26H,4-10,13,15,24H2,1-3H3,(H2,23,27). The Hall–Kier alpha value is -1.48. The van der Waals surface area contributed by atoms with Crippen molar-refractivity contribution < 1.29 is 0 Å². The van der Waals surface area contributed by atoms with Gasteiger partial charge in [-0.25, -0.2) is 11.0 Å². The summed E-state index contributed by atoms with van der Waals surface area (Å²) in [5.74, 6) is 6.85. The molecule has 1 heterocycles. The molecule has 0 radical (unpaired) electrons. The van der Waals surface area contributed by atoms with E-state index in [0.29, 0.717) is 17.9 Å². The SMILES string of the molecule is CNSc1ccc(NC2CCCCC2)c(/C(N)=N/N(N)C2CCCN(C(C)C)C2)c1. The third-order valence-electron chi connectivity index (χ3n) is 6.21. The molecule has 6 N–H and O–H groups in total. The van der Waals surface area contributed by atoms with E-state index in [0.717, 1.165) is 42.1 Å². The Morgan fingerprint density at radius 1 is 1.20 bits per heavy atom. The van der Waals surface area contributed by atoms with E-state index in [9.17, 15) is 0 Å². The predicted molar refractivity (Wildman–Crippen MR) is 128 cm³/mol. The van der Waals surface area contributed by atoms with Gasteiger partial charge in [-0.1, -0.05) is 19.3 Å². The minimum absolute atomic E-state index is 0.185. The number of piperidine rings is 1. The first-order valence-electron chi connectivity index (χ1n) is 11.3. The van der Waals surface area contributed by atoms with Gasteiger partial charge in [-0.3, -0.25) is 9.62 Å². The van der Waals surface area contributed by atoms with E-state index in [-0.39, 0.29) is 6.04 Å². The van der Waals surface area contributed by atoms with Gasteiger partial charge >= 0.3 is 0 Å². The molecule has 2 fully saturated rings. The van der Waals surface area contributed by atoms with Crippen molar-refractivity contribution in [1.82, 2.24) is 14.7 Å². The van der Waals surface area contributed by atoms with Crippen LogP contribution in [0.25, 0.3) is 0 Å². The van der Waals surface area contributed by atoms with Crippen molar-refractivity contribution in [3.63, 3.8) is 0 Å². The van der Waals surface area contributed by atoms with Gasteiger partial charge in [-0.05, 0) is 83.3 Å². The first-order valence-corrected chi connectivity index (χ1v) is 12.2. The molecule has 0 spiro atoms. The minimum atomic E-state index is 0.185. The van der Waals surface area contributed by atoms with E-state index in [1.807, 2.05) is 7.05 Å². The van der Waals surface area contributed by atoms with Gasteiger partial charge in [0, 0.05) is 34.8 Å². The lowest BCUT2D eigenvalue weighted by molar-refractivity contribution is 0.0819. The number of benzene rings is 1. The van der Waals surface area contributed by atoms with Gasteiger partial charge in [0.15, 0.2) is 5.84 Å². The maximum atomic E-state index is 6.51. The van der Waals surface area contributed by atoms with E-state index < -0.39 is 0 Å². The van der Waals surface area contributed by atoms with Gasteiger partial charge in [-0.15, -0.1) is 5.10 Å². The van der Waals surface area contributed by atoms with Crippen LogP contribution >= 0.6 is 11.9 Å². The van der Waals surface area contributed by atoms with Crippen molar-refractivity contribution in [2.75, 3.05) is 25.5 Å². The quantitative estimate of drug-likeness (QED) is 0.164. The molecule has 168 valence electrons. The molecule has 1 unspecified atom stereocenters. The third-order valence-corrected chi connectivity index (χ3v) is 6.90. The molecule has 1 saturated heterocycles. The fourth-order valence-electron chi connectivity index (χ4n) is 4.44. The first-order chi connectivity index (χ1) is 14.5. The maximum Gasteiger partial charge on any atom is 0.154 e. The van der Waals surface area contributed by atoms with Gasteiger partial charge in [0.25, 0.3) is 0 Å². The Kier molecular flexibility index (Phi) is 8.68. The highest BCUT2D eigenvalue weighted by atomic mass is 32.2. The summed E-state index contributed by atoms with van der Waals surface area (Å²) in [7, 11) is 1.92. The molecule has 1 aromatic rings. The van der Waals surface area contributed by atoms with E-state index in [2.05, 4.69) is 52.1 Å². The highest BCUT2D eigenvalue weighted by Crippen LogP contribution is 2.27. The van der Waals surface area contributed by atoms with Gasteiger partial charge in [0.2, 0.25) is 0 Å². The zero-order valence-electron chi connectivity index (χ0n) is 18.7. The van der Waals surface area contributed by atoms with Crippen LogP contribution in [0.2, 0.25) is 0 Å². The smallest absolute Gasteiger partial charge is 0.154 e. The monoisotopic (exact) mass is 433 g/mol. The van der Waals surface area contributed by atoms with Crippen molar-refractivity contribution in [3.05, 3.63) is 23.8 Å². The van der Waals surface area contributed by atoms with Gasteiger partial charge in [0.05, 0.1) is 6.04 Å². The molecule has 1 saturated carbocycles. The summed E-state index contributed by atoms with van der Waals surface area (Å²) in [6.45, 7) is 6.51. The highest BCUT2D eigenvalue weighted by Gasteiger charge is 2.25. The van der Waals surface area contributed by atoms with E-state index >= 15 is 0 Å². The molecular weight excluding hydrogens is 394 g/mol. The maximum absolute atomic E-state index is 6.51. The molecule has 0 amide bonds. The van der Waals surface area contributed by atoms with E-state index in [1.165, 1.54) is 32.1 Å². The van der Waals surface area contributed by atoms with Crippen LogP contribution in [0.4, 0.5) is 5.69 Å². The Balaban J connectivity index is 1.79. The van der Waals surface area contributed by atoms with Crippen LogP contribution < -0.4 is 21.6 Å². The Morgan fingerprint density at radius 2 is 1.97 bits per heavy atom. The average Bonchev–Trinajstić information content (AvgIpc) is 2.75. The lowest BCUT2D eigenvalue weighted by atomic mass is 9.95. The number of hydrogen-bond donors (Lipinski definition) is 4. The summed E-state index contributed by atoms with van der Waals surface area (Å²) in [6, 6.07) is 7.53. The molecule has 1 atom stereocenters. The van der Waals surface area contributed by atoms with Crippen LogP contribution in [0.3, 0.4) is 0 Å². The third kappa shape index (κ3) is 6.26. The average molecular weight is 434 g/mol. The van der Waals surface area contributed by atoms with Crippen LogP contribution in [0, 0.1) is 0 Å². The van der Waals surface area contributed by atoms with Crippen LogP contribution in [-0.4, -0.2) is 54.1 Å². The van der Waals surface area contributed by atoms with Gasteiger partial charge in [0.1, 0.15) is 0 Å². The zero-order chi connectivity index (χ0) is 21.5. The number of anilines is 1. The number of nitrogens with two attached hydrogens (primary N) is 2. The molecule has 7 nitrogen and oxygen atoms in total. The molecular formula is C22H39N7S. The number of hydrogen-bond acceptors (Lipinski definition) is 7. The van der Waals surface area contributed by atoms with Crippen molar-refractivity contribution in [3.8, 4) is 0 Å². The summed E-state index contributed by atoms with van der Waals surface area (Å²) in [5, 5.41) is 9.93. The number of nitrogens with zero attached hydrogens (tertiary/aromatic N) is 3. The molecule has 1 aliphatic carbocycles. The minimum Gasteiger partial charge on any atom is -0.382 e.